The number of hydrogen-bond acceptors (Lipinski definition) is 0. The van der Waals surface area contributed by atoms with E-state index in [0.29, 0.717) is 0 Å². The van der Waals surface area contributed by atoms with Gasteiger partial charge in [0.1, 0.15) is 0 Å². The predicted molar refractivity (Wildman–Crippen MR) is 75.7 cm³/mol. The highest BCUT2D eigenvalue weighted by Gasteiger charge is 2.18. The van der Waals surface area contributed by atoms with Crippen LogP contribution in [-0.2, 0) is 0 Å². The fourth-order valence-corrected chi connectivity index (χ4v) is 2.00. The Balaban J connectivity index is 2.38. The van der Waals surface area contributed by atoms with E-state index in [0.717, 1.165) is 0 Å². The van der Waals surface area contributed by atoms with Crippen molar-refractivity contribution in [2.24, 2.45) is 5.41 Å². The Kier molecular flexibility index (Phi) is 3.06. The first-order chi connectivity index (χ1) is 7.98. The van der Waals surface area contributed by atoms with Gasteiger partial charge in [-0.2, -0.15) is 0 Å². The molecule has 0 saturated carbocycles. The molecule has 0 saturated heterocycles. The van der Waals surface area contributed by atoms with E-state index in [1.54, 1.807) is 0 Å². The van der Waals surface area contributed by atoms with E-state index in [2.05, 4.69) is 76.3 Å². The normalized spacial score (nSPS) is 18.2. The molecule has 0 aliphatic heterocycles. The molecular weight excluding hydrogens is 204 g/mol. The highest BCUT2D eigenvalue weighted by atomic mass is 14.2. The van der Waals surface area contributed by atoms with Crippen molar-refractivity contribution < 1.29 is 0 Å². The minimum atomic E-state index is 0.231. The summed E-state index contributed by atoms with van der Waals surface area (Å²) in [6.45, 7) is 8.95. The predicted octanol–water partition coefficient (Wildman–Crippen LogP) is 5.00. The third kappa shape index (κ3) is 2.58. The minimum absolute atomic E-state index is 0.231. The topological polar surface area (TPSA) is 0 Å². The number of hydrogen-bond donors (Lipinski definition) is 0. The average Bonchev–Trinajstić information content (AvgIpc) is 2.78. The van der Waals surface area contributed by atoms with Crippen LogP contribution in [0.2, 0.25) is 0 Å². The molecular formula is C17H20. The van der Waals surface area contributed by atoms with Gasteiger partial charge in [0.15, 0.2) is 0 Å². The second-order valence-corrected chi connectivity index (χ2v) is 5.63. The van der Waals surface area contributed by atoms with Crippen molar-refractivity contribution in [2.45, 2.75) is 27.7 Å². The van der Waals surface area contributed by atoms with E-state index in [4.69, 9.17) is 0 Å². The van der Waals surface area contributed by atoms with Crippen molar-refractivity contribution in [1.82, 2.24) is 0 Å². The lowest BCUT2D eigenvalue weighted by molar-refractivity contribution is 0.518. The average molecular weight is 224 g/mol. The second kappa shape index (κ2) is 4.37. The lowest BCUT2D eigenvalue weighted by Crippen LogP contribution is -2.05. The monoisotopic (exact) mass is 224 g/mol. The zero-order valence-corrected chi connectivity index (χ0v) is 11.1. The molecule has 1 aliphatic rings. The van der Waals surface area contributed by atoms with Gasteiger partial charge in [-0.15, -0.1) is 0 Å². The van der Waals surface area contributed by atoms with Gasteiger partial charge in [0.2, 0.25) is 0 Å². The Morgan fingerprint density at radius 3 is 2.12 bits per heavy atom. The second-order valence-electron chi connectivity index (χ2n) is 5.63. The standard InChI is InChI=1S/C17H20/c1-13(14-8-6-5-7-9-14)15-10-11-16(12-15)17(2,3)4/h5-12H,1-4H3. The quantitative estimate of drug-likeness (QED) is 0.629. The molecule has 0 unspecified atom stereocenters. The Bertz CT molecular complexity index is 491. The van der Waals surface area contributed by atoms with Gasteiger partial charge in [0, 0.05) is 0 Å². The molecule has 0 amide bonds. The minimum Gasteiger partial charge on any atom is -0.0622 e. The van der Waals surface area contributed by atoms with E-state index in [-0.39, 0.29) is 5.41 Å². The Hall–Kier alpha value is -1.56. The van der Waals surface area contributed by atoms with Crippen LogP contribution in [0.3, 0.4) is 0 Å². The van der Waals surface area contributed by atoms with E-state index >= 15 is 0 Å². The van der Waals surface area contributed by atoms with Crippen LogP contribution in [0.4, 0.5) is 0 Å². The molecule has 17 heavy (non-hydrogen) atoms. The molecule has 0 heteroatoms. The van der Waals surface area contributed by atoms with Crippen LogP contribution in [0.5, 0.6) is 0 Å². The van der Waals surface area contributed by atoms with Crippen LogP contribution in [0, 0.1) is 5.41 Å². The van der Waals surface area contributed by atoms with Crippen LogP contribution in [0.1, 0.15) is 33.3 Å². The summed E-state index contributed by atoms with van der Waals surface area (Å²) >= 11 is 0. The molecule has 0 fully saturated rings. The number of rotatable bonds is 1. The Morgan fingerprint density at radius 1 is 0.941 bits per heavy atom. The molecule has 1 aromatic rings. The largest absolute Gasteiger partial charge is 0.0622 e. The summed E-state index contributed by atoms with van der Waals surface area (Å²) in [6, 6.07) is 10.6. The summed E-state index contributed by atoms with van der Waals surface area (Å²) in [5.74, 6) is 0. The smallest absolute Gasteiger partial charge is 0.0132 e. The van der Waals surface area contributed by atoms with Gasteiger partial charge in [-0.25, -0.2) is 0 Å². The Labute approximate surface area is 104 Å². The highest BCUT2D eigenvalue weighted by molar-refractivity contribution is 5.74. The maximum absolute atomic E-state index is 2.31. The first-order valence-electron chi connectivity index (χ1n) is 6.15. The molecule has 2 rings (SSSR count). The fourth-order valence-electron chi connectivity index (χ4n) is 2.00. The fraction of sp³-hybridized carbons (Fsp3) is 0.294. The van der Waals surface area contributed by atoms with Gasteiger partial charge in [-0.3, -0.25) is 0 Å². The zero-order chi connectivity index (χ0) is 12.5. The maximum Gasteiger partial charge on any atom is -0.0132 e. The van der Waals surface area contributed by atoms with Crippen LogP contribution in [-0.4, -0.2) is 0 Å². The molecule has 0 heterocycles. The van der Waals surface area contributed by atoms with Gasteiger partial charge < -0.3 is 0 Å². The molecule has 88 valence electrons. The van der Waals surface area contributed by atoms with Crippen molar-refractivity contribution in [3.8, 4) is 0 Å². The molecule has 0 N–H and O–H groups in total. The summed E-state index contributed by atoms with van der Waals surface area (Å²) in [6.07, 6.45) is 6.77. The molecule has 0 nitrogen and oxygen atoms in total. The molecule has 0 bridgehead atoms. The van der Waals surface area contributed by atoms with E-state index in [1.165, 1.54) is 22.3 Å². The molecule has 0 radical (unpaired) electrons. The van der Waals surface area contributed by atoms with Gasteiger partial charge in [-0.05, 0) is 34.6 Å². The highest BCUT2D eigenvalue weighted by Crippen LogP contribution is 2.34. The lowest BCUT2D eigenvalue weighted by Gasteiger charge is -2.18. The molecule has 0 atom stereocenters. The summed E-state index contributed by atoms with van der Waals surface area (Å²) in [4.78, 5) is 0. The third-order valence-corrected chi connectivity index (χ3v) is 3.26. The SMILES string of the molecule is CC(=C1C=CC(C(C)(C)C)=C1)c1ccccc1. The first-order valence-corrected chi connectivity index (χ1v) is 6.15. The van der Waals surface area contributed by atoms with Gasteiger partial charge in [0.25, 0.3) is 0 Å². The maximum atomic E-state index is 2.31. The zero-order valence-electron chi connectivity index (χ0n) is 11.1. The molecule has 0 spiro atoms. The molecule has 1 aromatic carbocycles. The van der Waals surface area contributed by atoms with E-state index in [1.807, 2.05) is 0 Å². The van der Waals surface area contributed by atoms with E-state index in [9.17, 15) is 0 Å². The summed E-state index contributed by atoms with van der Waals surface area (Å²) in [5.41, 5.74) is 5.62. The van der Waals surface area contributed by atoms with Crippen molar-refractivity contribution in [3.05, 3.63) is 65.3 Å². The van der Waals surface area contributed by atoms with Crippen molar-refractivity contribution in [1.29, 1.82) is 0 Å². The first kappa shape index (κ1) is 11.9. The van der Waals surface area contributed by atoms with Crippen LogP contribution >= 0.6 is 0 Å². The van der Waals surface area contributed by atoms with Crippen LogP contribution < -0.4 is 0 Å². The van der Waals surface area contributed by atoms with Crippen molar-refractivity contribution >= 4 is 5.57 Å². The molecule has 1 aliphatic carbocycles. The Morgan fingerprint density at radius 2 is 1.59 bits per heavy atom. The van der Waals surface area contributed by atoms with Crippen LogP contribution in [0.15, 0.2) is 59.7 Å². The summed E-state index contributed by atoms with van der Waals surface area (Å²) in [7, 11) is 0. The van der Waals surface area contributed by atoms with E-state index < -0.39 is 0 Å². The van der Waals surface area contributed by atoms with Gasteiger partial charge in [-0.1, -0.05) is 69.3 Å². The van der Waals surface area contributed by atoms with Gasteiger partial charge >= 0.3 is 0 Å². The van der Waals surface area contributed by atoms with Crippen molar-refractivity contribution in [3.63, 3.8) is 0 Å². The summed E-state index contributed by atoms with van der Waals surface area (Å²) < 4.78 is 0. The van der Waals surface area contributed by atoms with Crippen molar-refractivity contribution in [2.75, 3.05) is 0 Å². The number of allylic oxidation sites excluding steroid dienone is 6. The van der Waals surface area contributed by atoms with Gasteiger partial charge in [0.05, 0.1) is 0 Å². The lowest BCUT2D eigenvalue weighted by atomic mass is 9.87. The molecule has 0 aromatic heterocycles. The third-order valence-electron chi connectivity index (χ3n) is 3.26. The summed E-state index contributed by atoms with van der Waals surface area (Å²) in [5, 5.41) is 0. The number of benzene rings is 1. The van der Waals surface area contributed by atoms with Crippen LogP contribution in [0.25, 0.3) is 5.57 Å².